The van der Waals surface area contributed by atoms with Gasteiger partial charge in [0.25, 0.3) is 5.91 Å². The summed E-state index contributed by atoms with van der Waals surface area (Å²) in [7, 11) is 0. The van der Waals surface area contributed by atoms with Crippen LogP contribution in [0.3, 0.4) is 0 Å². The summed E-state index contributed by atoms with van der Waals surface area (Å²) >= 11 is 0. The fourth-order valence-corrected chi connectivity index (χ4v) is 2.23. The second kappa shape index (κ2) is 8.55. The molecule has 1 atom stereocenters. The molecule has 6 nitrogen and oxygen atoms in total. The number of rotatable bonds is 5. The molecule has 0 heterocycles. The van der Waals surface area contributed by atoms with Gasteiger partial charge in [-0.05, 0) is 43.3 Å². The van der Waals surface area contributed by atoms with Crippen molar-refractivity contribution in [2.45, 2.75) is 26.1 Å². The average molecular weight is 394 g/mol. The highest BCUT2D eigenvalue weighted by Crippen LogP contribution is 2.30. The van der Waals surface area contributed by atoms with E-state index in [1.54, 1.807) is 6.07 Å². The molecule has 0 radical (unpaired) electrons. The van der Waals surface area contributed by atoms with Crippen LogP contribution in [-0.2, 0) is 20.5 Å². The lowest BCUT2D eigenvalue weighted by molar-refractivity contribution is -0.137. The molecule has 0 unspecified atom stereocenters. The van der Waals surface area contributed by atoms with Gasteiger partial charge in [0.05, 0.1) is 11.1 Å². The second-order valence-electron chi connectivity index (χ2n) is 5.88. The standard InChI is InChI=1S/C19H17F3N2O4/c1-11(17(26)24-16-8-4-6-14(10-16)19(20,21)22)28-18(27)13-5-3-7-15(9-13)23-12(2)25/h3-11H,1-2H3,(H,23,25)(H,24,26)/t11-/m1/s1. The molecule has 0 aliphatic carbocycles. The molecule has 2 N–H and O–H groups in total. The van der Waals surface area contributed by atoms with Crippen LogP contribution in [0.5, 0.6) is 0 Å². The van der Waals surface area contributed by atoms with Gasteiger partial charge in [-0.1, -0.05) is 12.1 Å². The number of benzene rings is 2. The molecule has 148 valence electrons. The van der Waals surface area contributed by atoms with Gasteiger partial charge in [-0.15, -0.1) is 0 Å². The molecule has 0 aliphatic rings. The highest BCUT2D eigenvalue weighted by atomic mass is 19.4. The summed E-state index contributed by atoms with van der Waals surface area (Å²) in [6.07, 6.45) is -5.80. The van der Waals surface area contributed by atoms with Crippen LogP contribution < -0.4 is 10.6 Å². The Morgan fingerprint density at radius 3 is 2.18 bits per heavy atom. The minimum atomic E-state index is -4.54. The summed E-state index contributed by atoms with van der Waals surface area (Å²) < 4.78 is 43.2. The van der Waals surface area contributed by atoms with Crippen molar-refractivity contribution in [3.05, 3.63) is 59.7 Å². The van der Waals surface area contributed by atoms with Gasteiger partial charge in [0.1, 0.15) is 0 Å². The highest BCUT2D eigenvalue weighted by Gasteiger charge is 2.30. The van der Waals surface area contributed by atoms with Gasteiger partial charge < -0.3 is 15.4 Å². The largest absolute Gasteiger partial charge is 0.449 e. The molecule has 2 rings (SSSR count). The Labute approximate surface area is 158 Å². The summed E-state index contributed by atoms with van der Waals surface area (Å²) in [5, 5.41) is 4.78. The minimum absolute atomic E-state index is 0.0737. The van der Waals surface area contributed by atoms with Crippen LogP contribution in [0.1, 0.15) is 29.8 Å². The molecule has 0 aromatic heterocycles. The molecule has 0 saturated heterocycles. The van der Waals surface area contributed by atoms with E-state index >= 15 is 0 Å². The van der Waals surface area contributed by atoms with Crippen molar-refractivity contribution in [1.29, 1.82) is 0 Å². The molecule has 0 saturated carbocycles. The fraction of sp³-hybridized carbons (Fsp3) is 0.211. The van der Waals surface area contributed by atoms with E-state index in [-0.39, 0.29) is 17.2 Å². The molecule has 9 heteroatoms. The van der Waals surface area contributed by atoms with Crippen molar-refractivity contribution in [3.8, 4) is 0 Å². The van der Waals surface area contributed by atoms with Gasteiger partial charge in [0, 0.05) is 18.3 Å². The molecule has 28 heavy (non-hydrogen) atoms. The topological polar surface area (TPSA) is 84.5 Å². The predicted octanol–water partition coefficient (Wildman–Crippen LogP) is 3.85. The lowest BCUT2D eigenvalue weighted by Crippen LogP contribution is -2.30. The van der Waals surface area contributed by atoms with Gasteiger partial charge >= 0.3 is 12.1 Å². The number of amides is 2. The molecule has 2 aromatic carbocycles. The first-order valence-electron chi connectivity index (χ1n) is 8.13. The molecule has 2 amide bonds. The molecular formula is C19H17F3N2O4. The Morgan fingerprint density at radius 1 is 0.964 bits per heavy atom. The molecule has 2 aromatic rings. The monoisotopic (exact) mass is 394 g/mol. The van der Waals surface area contributed by atoms with Crippen LogP contribution in [0.2, 0.25) is 0 Å². The highest BCUT2D eigenvalue weighted by molar-refractivity contribution is 5.98. The first kappa shape index (κ1) is 20.9. The number of anilines is 2. The first-order chi connectivity index (χ1) is 13.1. The lowest BCUT2D eigenvalue weighted by Gasteiger charge is -2.15. The Bertz CT molecular complexity index is 897. The van der Waals surface area contributed by atoms with E-state index in [2.05, 4.69) is 10.6 Å². The normalized spacial score (nSPS) is 12.0. The van der Waals surface area contributed by atoms with Crippen molar-refractivity contribution in [3.63, 3.8) is 0 Å². The smallest absolute Gasteiger partial charge is 0.416 e. The lowest BCUT2D eigenvalue weighted by atomic mass is 10.2. The third-order valence-electron chi connectivity index (χ3n) is 3.53. The minimum Gasteiger partial charge on any atom is -0.449 e. The van der Waals surface area contributed by atoms with Gasteiger partial charge in [-0.3, -0.25) is 9.59 Å². The van der Waals surface area contributed by atoms with Crippen molar-refractivity contribution >= 4 is 29.2 Å². The van der Waals surface area contributed by atoms with Gasteiger partial charge in [0.15, 0.2) is 6.10 Å². The van der Waals surface area contributed by atoms with E-state index in [9.17, 15) is 27.6 Å². The molecule has 0 fully saturated rings. The SMILES string of the molecule is CC(=O)Nc1cccc(C(=O)O[C@H](C)C(=O)Nc2cccc(C(F)(F)F)c2)c1. The van der Waals surface area contributed by atoms with E-state index < -0.39 is 29.7 Å². The van der Waals surface area contributed by atoms with E-state index in [0.29, 0.717) is 5.69 Å². The zero-order valence-corrected chi connectivity index (χ0v) is 15.0. The maximum atomic E-state index is 12.7. The Hall–Kier alpha value is -3.36. The maximum Gasteiger partial charge on any atom is 0.416 e. The number of alkyl halides is 3. The zero-order valence-electron chi connectivity index (χ0n) is 15.0. The van der Waals surface area contributed by atoms with Crippen molar-refractivity contribution in [2.24, 2.45) is 0 Å². The van der Waals surface area contributed by atoms with E-state index in [0.717, 1.165) is 18.2 Å². The summed E-state index contributed by atoms with van der Waals surface area (Å²) in [5.74, 6) is -1.93. The van der Waals surface area contributed by atoms with Crippen LogP contribution in [0, 0.1) is 0 Å². The van der Waals surface area contributed by atoms with Crippen LogP contribution in [0.15, 0.2) is 48.5 Å². The number of nitrogens with one attached hydrogen (secondary N) is 2. The molecule has 0 spiro atoms. The number of ether oxygens (including phenoxy) is 1. The Kier molecular flexibility index (Phi) is 6.40. The summed E-state index contributed by atoms with van der Waals surface area (Å²) in [5.41, 5.74) is -0.506. The van der Waals surface area contributed by atoms with E-state index in [1.165, 1.54) is 38.1 Å². The van der Waals surface area contributed by atoms with E-state index in [1.807, 2.05) is 0 Å². The molecule has 0 bridgehead atoms. The van der Waals surface area contributed by atoms with Gasteiger partial charge in [-0.25, -0.2) is 4.79 Å². The number of hydrogen-bond acceptors (Lipinski definition) is 4. The van der Waals surface area contributed by atoms with Crippen LogP contribution in [0.25, 0.3) is 0 Å². The van der Waals surface area contributed by atoms with Crippen LogP contribution in [-0.4, -0.2) is 23.9 Å². The summed E-state index contributed by atoms with van der Waals surface area (Å²) in [6, 6.07) is 10.0. The van der Waals surface area contributed by atoms with Crippen molar-refractivity contribution < 1.29 is 32.3 Å². The zero-order chi connectivity index (χ0) is 20.9. The first-order valence-corrected chi connectivity index (χ1v) is 8.13. The summed E-state index contributed by atoms with van der Waals surface area (Å²) in [4.78, 5) is 35.4. The summed E-state index contributed by atoms with van der Waals surface area (Å²) in [6.45, 7) is 2.60. The van der Waals surface area contributed by atoms with E-state index in [4.69, 9.17) is 4.74 Å². The number of carbonyl (C=O) groups is 3. The third kappa shape index (κ3) is 5.83. The fourth-order valence-electron chi connectivity index (χ4n) is 2.23. The maximum absolute atomic E-state index is 12.7. The quantitative estimate of drug-likeness (QED) is 0.755. The second-order valence-corrected chi connectivity index (χ2v) is 5.88. The van der Waals surface area contributed by atoms with Crippen LogP contribution in [0.4, 0.5) is 24.5 Å². The van der Waals surface area contributed by atoms with Crippen molar-refractivity contribution in [1.82, 2.24) is 0 Å². The Morgan fingerprint density at radius 2 is 1.57 bits per heavy atom. The number of esters is 1. The predicted molar refractivity (Wildman–Crippen MR) is 95.7 cm³/mol. The third-order valence-corrected chi connectivity index (χ3v) is 3.53. The van der Waals surface area contributed by atoms with Crippen LogP contribution >= 0.6 is 0 Å². The van der Waals surface area contributed by atoms with Gasteiger partial charge in [-0.2, -0.15) is 13.2 Å². The number of halogens is 3. The number of carbonyl (C=O) groups excluding carboxylic acids is 3. The Balaban J connectivity index is 2.02. The average Bonchev–Trinajstić information content (AvgIpc) is 2.60. The molecular weight excluding hydrogens is 377 g/mol. The van der Waals surface area contributed by atoms with Gasteiger partial charge in [0.2, 0.25) is 5.91 Å². The number of hydrogen-bond donors (Lipinski definition) is 2. The van der Waals surface area contributed by atoms with Crippen molar-refractivity contribution in [2.75, 3.05) is 10.6 Å². The molecule has 0 aliphatic heterocycles.